The van der Waals surface area contributed by atoms with E-state index in [4.69, 9.17) is 0 Å². The van der Waals surface area contributed by atoms with E-state index in [-0.39, 0.29) is 11.5 Å². The Labute approximate surface area is 154 Å². The number of nitrogens with one attached hydrogen (secondary N) is 2. The van der Waals surface area contributed by atoms with Gasteiger partial charge in [0.1, 0.15) is 5.82 Å². The summed E-state index contributed by atoms with van der Waals surface area (Å²) in [7, 11) is 0. The molecule has 1 aliphatic rings. The highest BCUT2D eigenvalue weighted by Crippen LogP contribution is 2.11. The number of piperidine rings is 1. The lowest BCUT2D eigenvalue weighted by Crippen LogP contribution is -2.44. The van der Waals surface area contributed by atoms with Crippen LogP contribution in [0.15, 0.2) is 29.1 Å². The third kappa shape index (κ3) is 4.91. The zero-order valence-corrected chi connectivity index (χ0v) is 15.5. The summed E-state index contributed by atoms with van der Waals surface area (Å²) in [5.41, 5.74) is 0.587. The second kappa shape index (κ2) is 8.94. The normalized spacial score (nSPS) is 16.0. The van der Waals surface area contributed by atoms with E-state index in [2.05, 4.69) is 27.1 Å². The Morgan fingerprint density at radius 3 is 2.85 bits per heavy atom. The lowest BCUT2D eigenvalue weighted by molar-refractivity contribution is -0.122. The molecule has 1 saturated heterocycles. The quantitative estimate of drug-likeness (QED) is 0.797. The number of aromatic nitrogens is 2. The van der Waals surface area contributed by atoms with E-state index in [0.29, 0.717) is 42.0 Å². The van der Waals surface area contributed by atoms with E-state index < -0.39 is 0 Å². The molecule has 1 aliphatic heterocycles. The maximum atomic E-state index is 12.2. The van der Waals surface area contributed by atoms with Crippen LogP contribution in [0.2, 0.25) is 0 Å². The van der Waals surface area contributed by atoms with Gasteiger partial charge in [0.05, 0.1) is 10.9 Å². The van der Waals surface area contributed by atoms with Crippen LogP contribution in [0, 0.1) is 0 Å². The first-order valence-corrected chi connectivity index (χ1v) is 9.65. The minimum Gasteiger partial charge on any atom is -0.353 e. The number of carbonyl (C=O) groups is 1. The second-order valence-corrected chi connectivity index (χ2v) is 7.07. The Kier molecular flexibility index (Phi) is 6.39. The SMILES string of the molecule is CCCN1CCC(NC(=O)CCCc2nc3ccccc3c(=O)[nH]2)CC1. The van der Waals surface area contributed by atoms with Crippen LogP contribution in [-0.2, 0) is 11.2 Å². The summed E-state index contributed by atoms with van der Waals surface area (Å²) < 4.78 is 0. The smallest absolute Gasteiger partial charge is 0.258 e. The molecule has 0 radical (unpaired) electrons. The van der Waals surface area contributed by atoms with Crippen molar-refractivity contribution in [2.45, 2.75) is 51.5 Å². The molecule has 6 nitrogen and oxygen atoms in total. The average Bonchev–Trinajstić information content (AvgIpc) is 2.64. The molecule has 0 bridgehead atoms. The molecule has 6 heteroatoms. The number of fused-ring (bicyclic) bond motifs is 1. The molecule has 1 aromatic carbocycles. The number of aromatic amines is 1. The molecule has 1 amide bonds. The van der Waals surface area contributed by atoms with E-state index in [1.54, 1.807) is 6.07 Å². The van der Waals surface area contributed by atoms with Crippen LogP contribution in [-0.4, -0.2) is 46.5 Å². The number of H-pyrrole nitrogens is 1. The molecule has 3 rings (SSSR count). The van der Waals surface area contributed by atoms with Gasteiger partial charge in [0.15, 0.2) is 0 Å². The van der Waals surface area contributed by atoms with Crippen molar-refractivity contribution >= 4 is 16.8 Å². The largest absolute Gasteiger partial charge is 0.353 e. The van der Waals surface area contributed by atoms with Crippen molar-refractivity contribution in [2.75, 3.05) is 19.6 Å². The highest BCUT2D eigenvalue weighted by Gasteiger charge is 2.19. The lowest BCUT2D eigenvalue weighted by atomic mass is 10.0. The Balaban J connectivity index is 1.44. The van der Waals surface area contributed by atoms with E-state index in [9.17, 15) is 9.59 Å². The Morgan fingerprint density at radius 2 is 2.08 bits per heavy atom. The van der Waals surface area contributed by atoms with Crippen LogP contribution in [0.4, 0.5) is 0 Å². The van der Waals surface area contributed by atoms with E-state index >= 15 is 0 Å². The molecule has 2 aromatic rings. The van der Waals surface area contributed by atoms with Crippen molar-refractivity contribution in [1.29, 1.82) is 0 Å². The molecule has 2 heterocycles. The van der Waals surface area contributed by atoms with Gasteiger partial charge in [-0.2, -0.15) is 0 Å². The number of aryl methyl sites for hydroxylation is 1. The molecule has 1 fully saturated rings. The van der Waals surface area contributed by atoms with Gasteiger partial charge in [-0.25, -0.2) is 4.98 Å². The van der Waals surface area contributed by atoms with E-state index in [1.807, 2.05) is 18.2 Å². The number of benzene rings is 1. The second-order valence-electron chi connectivity index (χ2n) is 7.07. The molecule has 0 spiro atoms. The van der Waals surface area contributed by atoms with Crippen molar-refractivity contribution in [3.63, 3.8) is 0 Å². The van der Waals surface area contributed by atoms with Crippen LogP contribution in [0.3, 0.4) is 0 Å². The molecule has 0 unspecified atom stereocenters. The fourth-order valence-corrected chi connectivity index (χ4v) is 3.59. The third-order valence-electron chi connectivity index (χ3n) is 4.97. The van der Waals surface area contributed by atoms with Crippen molar-refractivity contribution < 1.29 is 4.79 Å². The van der Waals surface area contributed by atoms with Crippen LogP contribution in [0.25, 0.3) is 10.9 Å². The highest BCUT2D eigenvalue weighted by molar-refractivity contribution is 5.77. The first-order chi connectivity index (χ1) is 12.7. The molecule has 140 valence electrons. The van der Waals surface area contributed by atoms with Crippen LogP contribution < -0.4 is 10.9 Å². The first-order valence-electron chi connectivity index (χ1n) is 9.65. The van der Waals surface area contributed by atoms with Gasteiger partial charge in [-0.15, -0.1) is 0 Å². The lowest BCUT2D eigenvalue weighted by Gasteiger charge is -2.32. The first kappa shape index (κ1) is 18.6. The third-order valence-corrected chi connectivity index (χ3v) is 4.97. The minimum atomic E-state index is -0.117. The summed E-state index contributed by atoms with van der Waals surface area (Å²) in [4.78, 5) is 34.0. The maximum absolute atomic E-state index is 12.2. The standard InChI is InChI=1S/C20H28N4O2/c1-2-12-24-13-10-15(11-14-24)21-19(25)9-5-8-18-22-17-7-4-3-6-16(17)20(26)23-18/h3-4,6-7,15H,2,5,8-14H2,1H3,(H,21,25)(H,22,23,26). The van der Waals surface area contributed by atoms with Crippen LogP contribution >= 0.6 is 0 Å². The Morgan fingerprint density at radius 1 is 1.31 bits per heavy atom. The zero-order chi connectivity index (χ0) is 18.4. The van der Waals surface area contributed by atoms with Gasteiger partial charge in [0.2, 0.25) is 5.91 Å². The van der Waals surface area contributed by atoms with Crippen LogP contribution in [0.5, 0.6) is 0 Å². The summed E-state index contributed by atoms with van der Waals surface area (Å²) in [5, 5.41) is 3.75. The van der Waals surface area contributed by atoms with Crippen molar-refractivity contribution in [3.05, 3.63) is 40.4 Å². The molecular weight excluding hydrogens is 328 g/mol. The number of likely N-dealkylation sites (tertiary alicyclic amines) is 1. The van der Waals surface area contributed by atoms with Gasteiger partial charge in [-0.1, -0.05) is 19.1 Å². The number of hydrogen-bond acceptors (Lipinski definition) is 4. The van der Waals surface area contributed by atoms with Gasteiger partial charge in [0, 0.05) is 32.0 Å². The number of rotatable bonds is 7. The highest BCUT2D eigenvalue weighted by atomic mass is 16.1. The summed E-state index contributed by atoms with van der Waals surface area (Å²) in [6.45, 7) is 5.49. The Hall–Kier alpha value is -2.21. The number of carbonyl (C=O) groups excluding carboxylic acids is 1. The fraction of sp³-hybridized carbons (Fsp3) is 0.550. The number of para-hydroxylation sites is 1. The van der Waals surface area contributed by atoms with Crippen molar-refractivity contribution in [3.8, 4) is 0 Å². The molecule has 26 heavy (non-hydrogen) atoms. The summed E-state index contributed by atoms with van der Waals surface area (Å²) >= 11 is 0. The van der Waals surface area contributed by atoms with Crippen LogP contribution in [0.1, 0.15) is 44.9 Å². The number of nitrogens with zero attached hydrogens (tertiary/aromatic N) is 2. The Bertz CT molecular complexity index is 794. The van der Waals surface area contributed by atoms with Crippen molar-refractivity contribution in [2.24, 2.45) is 0 Å². The summed E-state index contributed by atoms with van der Waals surface area (Å²) in [5.74, 6) is 0.747. The molecule has 2 N–H and O–H groups in total. The van der Waals surface area contributed by atoms with E-state index in [1.165, 1.54) is 6.42 Å². The molecule has 0 aliphatic carbocycles. The molecule has 0 saturated carbocycles. The average molecular weight is 356 g/mol. The van der Waals surface area contributed by atoms with Gasteiger partial charge in [-0.05, 0) is 44.4 Å². The van der Waals surface area contributed by atoms with E-state index in [0.717, 1.165) is 32.5 Å². The number of amides is 1. The monoisotopic (exact) mass is 356 g/mol. The van der Waals surface area contributed by atoms with Gasteiger partial charge in [0.25, 0.3) is 5.56 Å². The number of hydrogen-bond donors (Lipinski definition) is 2. The zero-order valence-electron chi connectivity index (χ0n) is 15.5. The summed E-state index contributed by atoms with van der Waals surface area (Å²) in [6.07, 6.45) is 4.99. The topological polar surface area (TPSA) is 78.1 Å². The molecule has 0 atom stereocenters. The summed E-state index contributed by atoms with van der Waals surface area (Å²) in [6, 6.07) is 7.61. The maximum Gasteiger partial charge on any atom is 0.258 e. The predicted octanol–water partition coefficient (Wildman–Crippen LogP) is 2.24. The minimum absolute atomic E-state index is 0.0991. The fourth-order valence-electron chi connectivity index (χ4n) is 3.59. The predicted molar refractivity (Wildman–Crippen MR) is 103 cm³/mol. The molecular formula is C20H28N4O2. The van der Waals surface area contributed by atoms with Gasteiger partial charge >= 0.3 is 0 Å². The molecule has 1 aromatic heterocycles. The van der Waals surface area contributed by atoms with Gasteiger partial charge in [-0.3, -0.25) is 9.59 Å². The van der Waals surface area contributed by atoms with Crippen molar-refractivity contribution in [1.82, 2.24) is 20.2 Å². The van der Waals surface area contributed by atoms with Gasteiger partial charge < -0.3 is 15.2 Å².